The van der Waals surface area contributed by atoms with Crippen LogP contribution in [0.4, 0.5) is 11.4 Å². The highest BCUT2D eigenvalue weighted by Crippen LogP contribution is 2.47. The van der Waals surface area contributed by atoms with Gasteiger partial charge in [-0.2, -0.15) is 0 Å². The Labute approximate surface area is 194 Å². The van der Waals surface area contributed by atoms with Crippen LogP contribution < -0.4 is 14.7 Å². The lowest BCUT2D eigenvalue weighted by atomic mass is 9.90. The first-order chi connectivity index (χ1) is 15.6. The molecular formula is C25H21BrN2O4. The summed E-state index contributed by atoms with van der Waals surface area (Å²) in [7, 11) is 0. The van der Waals surface area contributed by atoms with Crippen molar-refractivity contribution in [3.8, 4) is 5.75 Å². The number of benzene rings is 3. The third-order valence-corrected chi connectivity index (χ3v) is 6.27. The number of fused-ring (bicyclic) bond motifs is 1. The van der Waals surface area contributed by atoms with E-state index in [0.717, 1.165) is 15.7 Å². The third kappa shape index (κ3) is 3.47. The van der Waals surface area contributed by atoms with Crippen molar-refractivity contribution in [1.82, 2.24) is 0 Å². The van der Waals surface area contributed by atoms with E-state index in [4.69, 9.17) is 9.57 Å². The van der Waals surface area contributed by atoms with Crippen LogP contribution in [-0.4, -0.2) is 24.5 Å². The van der Waals surface area contributed by atoms with Crippen molar-refractivity contribution in [3.63, 3.8) is 0 Å². The molecule has 3 aromatic rings. The summed E-state index contributed by atoms with van der Waals surface area (Å²) in [6.07, 6.45) is -0.886. The number of halogens is 1. The van der Waals surface area contributed by atoms with Gasteiger partial charge >= 0.3 is 0 Å². The Balaban J connectivity index is 1.53. The largest absolute Gasteiger partial charge is 0.494 e. The molecule has 0 N–H and O–H groups in total. The van der Waals surface area contributed by atoms with E-state index in [1.54, 1.807) is 29.3 Å². The van der Waals surface area contributed by atoms with Gasteiger partial charge in [-0.15, -0.1) is 0 Å². The van der Waals surface area contributed by atoms with Gasteiger partial charge in [-0.3, -0.25) is 14.4 Å². The van der Waals surface area contributed by atoms with E-state index < -0.39 is 18.1 Å². The van der Waals surface area contributed by atoms with Crippen molar-refractivity contribution in [2.75, 3.05) is 16.6 Å². The molecule has 0 radical (unpaired) electrons. The SMILES string of the molecule is CCOc1ccc(N2C(=O)[C@H]3[C@@H](ON(c4ccccc4)[C@H]3c3ccc(Br)cc3)C2=O)cc1. The second kappa shape index (κ2) is 8.41. The molecule has 7 heteroatoms. The first kappa shape index (κ1) is 20.7. The van der Waals surface area contributed by atoms with Crippen LogP contribution in [0, 0.1) is 5.92 Å². The summed E-state index contributed by atoms with van der Waals surface area (Å²) in [5.74, 6) is -0.592. The predicted octanol–water partition coefficient (Wildman–Crippen LogP) is 4.90. The van der Waals surface area contributed by atoms with Gasteiger partial charge in [0.2, 0.25) is 5.91 Å². The average molecular weight is 493 g/mol. The zero-order chi connectivity index (χ0) is 22.2. The van der Waals surface area contributed by atoms with Gasteiger partial charge in [0.05, 0.1) is 24.0 Å². The van der Waals surface area contributed by atoms with E-state index in [0.29, 0.717) is 18.0 Å². The molecule has 0 aromatic heterocycles. The first-order valence-corrected chi connectivity index (χ1v) is 11.2. The van der Waals surface area contributed by atoms with Crippen LogP contribution in [0.5, 0.6) is 5.75 Å². The lowest BCUT2D eigenvalue weighted by molar-refractivity contribution is -0.126. The smallest absolute Gasteiger partial charge is 0.266 e. The highest BCUT2D eigenvalue weighted by atomic mass is 79.9. The number of imide groups is 1. The monoisotopic (exact) mass is 492 g/mol. The zero-order valence-corrected chi connectivity index (χ0v) is 18.9. The van der Waals surface area contributed by atoms with Crippen LogP contribution >= 0.6 is 15.9 Å². The molecule has 3 atom stereocenters. The molecule has 2 fully saturated rings. The molecule has 2 saturated heterocycles. The molecule has 0 spiro atoms. The Morgan fingerprint density at radius 2 is 1.56 bits per heavy atom. The lowest BCUT2D eigenvalue weighted by Crippen LogP contribution is -2.37. The molecule has 3 aromatic carbocycles. The van der Waals surface area contributed by atoms with Crippen LogP contribution in [0.25, 0.3) is 0 Å². The van der Waals surface area contributed by atoms with Gasteiger partial charge in [0, 0.05) is 4.47 Å². The third-order valence-electron chi connectivity index (χ3n) is 5.74. The van der Waals surface area contributed by atoms with Crippen molar-refractivity contribution in [2.24, 2.45) is 5.92 Å². The van der Waals surface area contributed by atoms with Crippen LogP contribution in [0.15, 0.2) is 83.3 Å². The number of carbonyl (C=O) groups is 2. The van der Waals surface area contributed by atoms with E-state index in [2.05, 4.69) is 15.9 Å². The van der Waals surface area contributed by atoms with Crippen LogP contribution in [0.2, 0.25) is 0 Å². The van der Waals surface area contributed by atoms with Crippen LogP contribution in [0.3, 0.4) is 0 Å². The van der Waals surface area contributed by atoms with Gasteiger partial charge in [-0.25, -0.2) is 9.96 Å². The number of para-hydroxylation sites is 1. The van der Waals surface area contributed by atoms with Gasteiger partial charge in [-0.1, -0.05) is 46.3 Å². The molecule has 2 aliphatic heterocycles. The van der Waals surface area contributed by atoms with E-state index in [1.165, 1.54) is 4.90 Å². The maximum Gasteiger partial charge on any atom is 0.266 e. The normalized spacial score (nSPS) is 22.4. The van der Waals surface area contributed by atoms with Gasteiger partial charge in [0.15, 0.2) is 6.10 Å². The minimum absolute atomic E-state index is 0.268. The minimum Gasteiger partial charge on any atom is -0.494 e. The predicted molar refractivity (Wildman–Crippen MR) is 124 cm³/mol. The topological polar surface area (TPSA) is 59.1 Å². The summed E-state index contributed by atoms with van der Waals surface area (Å²) in [5, 5.41) is 1.70. The summed E-state index contributed by atoms with van der Waals surface area (Å²) in [6, 6.07) is 23.8. The Bertz CT molecular complexity index is 1130. The molecule has 6 nitrogen and oxygen atoms in total. The van der Waals surface area contributed by atoms with Crippen molar-refractivity contribution < 1.29 is 19.2 Å². The van der Waals surface area contributed by atoms with Crippen LogP contribution in [-0.2, 0) is 14.4 Å². The van der Waals surface area contributed by atoms with Gasteiger partial charge in [-0.05, 0) is 61.0 Å². The first-order valence-electron chi connectivity index (χ1n) is 10.5. The minimum atomic E-state index is -0.886. The number of nitrogens with zero attached hydrogens (tertiary/aromatic N) is 2. The van der Waals surface area contributed by atoms with Crippen molar-refractivity contribution >= 4 is 39.1 Å². The highest BCUT2D eigenvalue weighted by molar-refractivity contribution is 9.10. The Kier molecular flexibility index (Phi) is 5.45. The summed E-state index contributed by atoms with van der Waals surface area (Å²) in [4.78, 5) is 34.3. The van der Waals surface area contributed by atoms with E-state index >= 15 is 0 Å². The van der Waals surface area contributed by atoms with Crippen LogP contribution in [0.1, 0.15) is 18.5 Å². The van der Waals surface area contributed by atoms with Gasteiger partial charge < -0.3 is 4.74 Å². The molecule has 2 heterocycles. The second-order valence-electron chi connectivity index (χ2n) is 7.65. The summed E-state index contributed by atoms with van der Waals surface area (Å²) in [6.45, 7) is 2.45. The summed E-state index contributed by atoms with van der Waals surface area (Å²) < 4.78 is 6.41. The van der Waals surface area contributed by atoms with Crippen molar-refractivity contribution in [3.05, 3.63) is 88.9 Å². The molecule has 32 heavy (non-hydrogen) atoms. The summed E-state index contributed by atoms with van der Waals surface area (Å²) in [5.41, 5.74) is 2.21. The molecule has 0 aliphatic carbocycles. The van der Waals surface area contributed by atoms with Gasteiger partial charge in [0.25, 0.3) is 5.91 Å². The number of hydrogen-bond acceptors (Lipinski definition) is 5. The number of amides is 2. The lowest BCUT2D eigenvalue weighted by Gasteiger charge is -2.28. The number of hydrogen-bond donors (Lipinski definition) is 0. The number of ether oxygens (including phenoxy) is 1. The maximum absolute atomic E-state index is 13.6. The van der Waals surface area contributed by atoms with Crippen molar-refractivity contribution in [1.29, 1.82) is 0 Å². The van der Waals surface area contributed by atoms with E-state index in [1.807, 2.05) is 61.5 Å². The number of rotatable bonds is 5. The highest BCUT2D eigenvalue weighted by Gasteiger charge is 2.60. The molecule has 2 aliphatic rings. The maximum atomic E-state index is 13.6. The number of anilines is 2. The number of carbonyl (C=O) groups excluding carboxylic acids is 2. The fourth-order valence-corrected chi connectivity index (χ4v) is 4.59. The quantitative estimate of drug-likeness (QED) is 0.474. The molecule has 2 amide bonds. The van der Waals surface area contributed by atoms with E-state index in [-0.39, 0.29) is 11.8 Å². The second-order valence-corrected chi connectivity index (χ2v) is 8.56. The number of hydroxylamine groups is 1. The molecular weight excluding hydrogens is 472 g/mol. The fourth-order valence-electron chi connectivity index (χ4n) is 4.32. The Morgan fingerprint density at radius 3 is 2.22 bits per heavy atom. The molecule has 162 valence electrons. The van der Waals surface area contributed by atoms with E-state index in [9.17, 15) is 9.59 Å². The Morgan fingerprint density at radius 1 is 0.875 bits per heavy atom. The summed E-state index contributed by atoms with van der Waals surface area (Å²) >= 11 is 3.46. The zero-order valence-electron chi connectivity index (χ0n) is 17.4. The molecule has 0 unspecified atom stereocenters. The molecule has 0 bridgehead atoms. The average Bonchev–Trinajstić information content (AvgIpc) is 3.32. The standard InChI is InChI=1S/C25H21BrN2O4/c1-2-31-20-14-12-18(13-15-20)27-24(29)21-22(16-8-10-17(26)11-9-16)28(32-23(21)25(27)30)19-6-4-3-5-7-19/h3-15,21-23H,2H2,1H3/t21-,22+,23-/m1/s1. The fraction of sp³-hybridized carbons (Fsp3) is 0.200. The Hall–Kier alpha value is -3.16. The van der Waals surface area contributed by atoms with Gasteiger partial charge in [0.1, 0.15) is 11.7 Å². The van der Waals surface area contributed by atoms with Crippen molar-refractivity contribution in [2.45, 2.75) is 19.1 Å². The molecule has 5 rings (SSSR count). The molecule has 0 saturated carbocycles.